The van der Waals surface area contributed by atoms with E-state index in [1.165, 1.54) is 0 Å². The molecule has 0 N–H and O–H groups in total. The first-order valence-corrected chi connectivity index (χ1v) is 10.4. The average Bonchev–Trinajstić information content (AvgIpc) is 3.06. The maximum absolute atomic E-state index is 13.5. The number of fused-ring (bicyclic) bond motifs is 1. The van der Waals surface area contributed by atoms with Gasteiger partial charge in [0.05, 0.1) is 12.1 Å². The summed E-state index contributed by atoms with van der Waals surface area (Å²) in [6, 6.07) is 17.3. The maximum atomic E-state index is 13.5. The van der Waals surface area contributed by atoms with Crippen molar-refractivity contribution in [1.82, 2.24) is 0 Å². The van der Waals surface area contributed by atoms with Crippen LogP contribution in [0.5, 0.6) is 0 Å². The first-order valence-electron chi connectivity index (χ1n) is 10.4. The van der Waals surface area contributed by atoms with Crippen LogP contribution in [-0.2, 0) is 9.59 Å². The second-order valence-corrected chi connectivity index (χ2v) is 8.11. The third kappa shape index (κ3) is 3.45. The van der Waals surface area contributed by atoms with Crippen LogP contribution in [0.1, 0.15) is 45.7 Å². The molecule has 1 unspecified atom stereocenters. The van der Waals surface area contributed by atoms with Crippen molar-refractivity contribution in [3.05, 3.63) is 71.8 Å². The number of benzene rings is 2. The zero-order chi connectivity index (χ0) is 21.4. The number of carbonyl (C=O) groups excluding carboxylic acids is 2. The van der Waals surface area contributed by atoms with Gasteiger partial charge in [-0.15, -0.1) is 0 Å². The Morgan fingerprint density at radius 2 is 1.70 bits per heavy atom. The normalized spacial score (nSPS) is 22.8. The van der Waals surface area contributed by atoms with Gasteiger partial charge in [-0.25, -0.2) is 0 Å². The van der Waals surface area contributed by atoms with E-state index >= 15 is 0 Å². The molecule has 0 saturated carbocycles. The van der Waals surface area contributed by atoms with Gasteiger partial charge >= 0.3 is 0 Å². The molecule has 5 heteroatoms. The first-order chi connectivity index (χ1) is 14.4. The fourth-order valence-electron chi connectivity index (χ4n) is 4.64. The minimum atomic E-state index is -0.132. The van der Waals surface area contributed by atoms with Crippen molar-refractivity contribution >= 4 is 28.9 Å². The Morgan fingerprint density at radius 1 is 1.03 bits per heavy atom. The molecular formula is C25H27N3O2. The van der Waals surface area contributed by atoms with Gasteiger partial charge in [0.1, 0.15) is 0 Å². The fourth-order valence-corrected chi connectivity index (χ4v) is 4.64. The average molecular weight is 402 g/mol. The van der Waals surface area contributed by atoms with Gasteiger partial charge in [-0.1, -0.05) is 36.4 Å². The van der Waals surface area contributed by atoms with Crippen LogP contribution < -0.4 is 9.80 Å². The Bertz CT molecular complexity index is 1040. The van der Waals surface area contributed by atoms with Crippen molar-refractivity contribution in [1.29, 1.82) is 0 Å². The van der Waals surface area contributed by atoms with Gasteiger partial charge in [-0.3, -0.25) is 14.6 Å². The molecule has 2 aliphatic heterocycles. The topological polar surface area (TPSA) is 53.0 Å². The number of carbonyl (C=O) groups is 2. The summed E-state index contributed by atoms with van der Waals surface area (Å²) < 4.78 is 0. The lowest BCUT2D eigenvalue weighted by atomic mass is 9.89. The number of anilines is 2. The number of hydrogen-bond donors (Lipinski definition) is 0. The summed E-state index contributed by atoms with van der Waals surface area (Å²) in [5, 5.41) is 0. The van der Waals surface area contributed by atoms with E-state index in [1.54, 1.807) is 6.92 Å². The highest BCUT2D eigenvalue weighted by Gasteiger charge is 2.39. The number of aliphatic imine (C=N–C) groups is 1. The number of rotatable bonds is 3. The first kappa shape index (κ1) is 20.1. The predicted octanol–water partition coefficient (Wildman–Crippen LogP) is 4.70. The summed E-state index contributed by atoms with van der Waals surface area (Å²) in [5.74, 6) is -0.0142. The summed E-state index contributed by atoms with van der Waals surface area (Å²) in [7, 11) is 0. The monoisotopic (exact) mass is 401 g/mol. The van der Waals surface area contributed by atoms with Crippen molar-refractivity contribution in [2.75, 3.05) is 9.80 Å². The number of para-hydroxylation sites is 2. The largest absolute Gasteiger partial charge is 0.305 e. The van der Waals surface area contributed by atoms with E-state index in [9.17, 15) is 9.59 Å². The standard InChI is InChI=1S/C25H27N3O2/c1-16-14-22(18(3)26-16)25(30)27-17(2)15-24(21-12-8-9-13-23(21)27)28(19(4)29)20-10-6-5-7-11-20/h5-14,17-18,24H,15H2,1-4H3/t17-,18?,24+/m1/s1. The van der Waals surface area contributed by atoms with Gasteiger partial charge in [-0.05, 0) is 57.0 Å². The summed E-state index contributed by atoms with van der Waals surface area (Å²) >= 11 is 0. The molecule has 0 saturated heterocycles. The molecule has 0 bridgehead atoms. The van der Waals surface area contributed by atoms with Crippen molar-refractivity contribution in [2.45, 2.75) is 52.2 Å². The highest BCUT2D eigenvalue weighted by molar-refractivity contribution is 6.13. The lowest BCUT2D eigenvalue weighted by molar-refractivity contribution is -0.117. The lowest BCUT2D eigenvalue weighted by Crippen LogP contribution is -2.48. The second-order valence-electron chi connectivity index (χ2n) is 8.11. The van der Waals surface area contributed by atoms with E-state index < -0.39 is 0 Å². The Hall–Kier alpha value is -3.21. The Kier molecular flexibility index (Phi) is 5.29. The molecular weight excluding hydrogens is 374 g/mol. The molecule has 0 aromatic heterocycles. The van der Waals surface area contributed by atoms with E-state index in [0.717, 1.165) is 28.2 Å². The van der Waals surface area contributed by atoms with Crippen molar-refractivity contribution in [3.63, 3.8) is 0 Å². The molecule has 2 aliphatic rings. The number of allylic oxidation sites excluding steroid dienone is 1. The predicted molar refractivity (Wildman–Crippen MR) is 121 cm³/mol. The van der Waals surface area contributed by atoms with Gasteiger partial charge in [0, 0.05) is 35.6 Å². The van der Waals surface area contributed by atoms with Crippen LogP contribution in [0.15, 0.2) is 71.2 Å². The van der Waals surface area contributed by atoms with Crippen LogP contribution >= 0.6 is 0 Å². The number of hydrogen-bond acceptors (Lipinski definition) is 3. The Morgan fingerprint density at radius 3 is 2.33 bits per heavy atom. The number of amides is 2. The van der Waals surface area contributed by atoms with E-state index in [0.29, 0.717) is 6.42 Å². The van der Waals surface area contributed by atoms with Crippen LogP contribution in [0, 0.1) is 0 Å². The van der Waals surface area contributed by atoms with E-state index in [1.807, 2.05) is 84.3 Å². The second kappa shape index (κ2) is 7.90. The summed E-state index contributed by atoms with van der Waals surface area (Å²) in [6.45, 7) is 7.53. The van der Waals surface area contributed by atoms with E-state index in [-0.39, 0.29) is 29.9 Å². The highest BCUT2D eigenvalue weighted by atomic mass is 16.2. The zero-order valence-corrected chi connectivity index (χ0v) is 17.9. The molecule has 2 amide bonds. The van der Waals surface area contributed by atoms with Gasteiger partial charge in [0.15, 0.2) is 0 Å². The number of nitrogens with zero attached hydrogens (tertiary/aromatic N) is 3. The molecule has 5 nitrogen and oxygen atoms in total. The van der Waals surface area contributed by atoms with Crippen molar-refractivity contribution in [3.8, 4) is 0 Å². The summed E-state index contributed by atoms with van der Waals surface area (Å²) in [5.41, 5.74) is 4.33. The maximum Gasteiger partial charge on any atom is 0.256 e. The SMILES string of the molecule is CC(=O)N(c1ccccc1)[C@H]1C[C@@H](C)N(C(=O)C2=CC(C)=NC2C)c2ccccc21. The van der Waals surface area contributed by atoms with Crippen LogP contribution in [0.25, 0.3) is 0 Å². The molecule has 0 spiro atoms. The molecule has 2 heterocycles. The van der Waals surface area contributed by atoms with Crippen LogP contribution in [0.4, 0.5) is 11.4 Å². The molecule has 0 radical (unpaired) electrons. The van der Waals surface area contributed by atoms with Gasteiger partial charge in [-0.2, -0.15) is 0 Å². The van der Waals surface area contributed by atoms with Crippen LogP contribution in [-0.4, -0.2) is 29.6 Å². The van der Waals surface area contributed by atoms with Crippen molar-refractivity contribution < 1.29 is 9.59 Å². The summed E-state index contributed by atoms with van der Waals surface area (Å²) in [4.78, 5) is 34.4. The minimum Gasteiger partial charge on any atom is -0.305 e. The van der Waals surface area contributed by atoms with Gasteiger partial charge in [0.2, 0.25) is 5.91 Å². The van der Waals surface area contributed by atoms with E-state index in [4.69, 9.17) is 0 Å². The molecule has 0 aliphatic carbocycles. The summed E-state index contributed by atoms with van der Waals surface area (Å²) in [6.07, 6.45) is 2.55. The Labute approximate surface area is 177 Å². The van der Waals surface area contributed by atoms with Crippen LogP contribution in [0.2, 0.25) is 0 Å². The zero-order valence-electron chi connectivity index (χ0n) is 17.9. The smallest absolute Gasteiger partial charge is 0.256 e. The lowest BCUT2D eigenvalue weighted by Gasteiger charge is -2.43. The molecule has 4 rings (SSSR count). The van der Waals surface area contributed by atoms with E-state index in [2.05, 4.69) is 11.9 Å². The van der Waals surface area contributed by atoms with Gasteiger partial charge in [0.25, 0.3) is 5.91 Å². The molecule has 2 aromatic carbocycles. The third-order valence-electron chi connectivity index (χ3n) is 5.92. The highest BCUT2D eigenvalue weighted by Crippen LogP contribution is 2.43. The molecule has 0 fully saturated rings. The molecule has 3 atom stereocenters. The molecule has 154 valence electrons. The van der Waals surface area contributed by atoms with Crippen molar-refractivity contribution in [2.24, 2.45) is 4.99 Å². The van der Waals surface area contributed by atoms with Gasteiger partial charge < -0.3 is 9.80 Å². The minimum absolute atomic E-state index is 0.00409. The quantitative estimate of drug-likeness (QED) is 0.749. The third-order valence-corrected chi connectivity index (χ3v) is 5.92. The molecule has 2 aromatic rings. The van der Waals surface area contributed by atoms with Crippen LogP contribution in [0.3, 0.4) is 0 Å². The molecule has 30 heavy (non-hydrogen) atoms. The fraction of sp³-hybridized carbons (Fsp3) is 0.320. The Balaban J connectivity index is 1.77.